The molecule has 2 N–H and O–H groups in total. The van der Waals surface area contributed by atoms with E-state index in [0.29, 0.717) is 11.1 Å². The average Bonchev–Trinajstić information content (AvgIpc) is 2.69. The summed E-state index contributed by atoms with van der Waals surface area (Å²) in [6.45, 7) is 0. The monoisotopic (exact) mass is 377 g/mol. The molecule has 5 nitrogen and oxygen atoms in total. The van der Waals surface area contributed by atoms with Crippen LogP contribution >= 0.6 is 0 Å². The van der Waals surface area contributed by atoms with Crippen LogP contribution in [-0.4, -0.2) is 25.2 Å². The molecule has 0 unspecified atom stereocenters. The highest BCUT2D eigenvalue weighted by Crippen LogP contribution is 2.32. The highest BCUT2D eigenvalue weighted by molar-refractivity contribution is 5.70. The van der Waals surface area contributed by atoms with E-state index in [1.165, 1.54) is 66.7 Å². The maximum atomic E-state index is 13.3. The van der Waals surface area contributed by atoms with E-state index < -0.39 is 11.6 Å². The van der Waals surface area contributed by atoms with Gasteiger partial charge in [0.1, 0.15) is 23.1 Å². The molecule has 0 bridgehead atoms. The van der Waals surface area contributed by atoms with Gasteiger partial charge in [-0.25, -0.2) is 23.7 Å². The molecule has 0 aliphatic rings. The fourth-order valence-corrected chi connectivity index (χ4v) is 2.66. The minimum atomic E-state index is -0.395. The number of phenolic OH excluding ortho intramolecular Hbond substituents is 2. The van der Waals surface area contributed by atoms with E-state index in [-0.39, 0.29) is 34.5 Å². The minimum absolute atomic E-state index is 0.104. The van der Waals surface area contributed by atoms with Gasteiger partial charge in [0.05, 0.1) is 5.56 Å². The summed E-state index contributed by atoms with van der Waals surface area (Å²) < 4.78 is 26.5. The van der Waals surface area contributed by atoms with Gasteiger partial charge < -0.3 is 10.2 Å². The molecule has 0 spiro atoms. The second-order valence-electron chi connectivity index (χ2n) is 6.02. The molecule has 0 saturated carbocycles. The Labute approximate surface area is 158 Å². The fraction of sp³-hybridized carbons (Fsp3) is 0. The van der Waals surface area contributed by atoms with Crippen LogP contribution in [-0.2, 0) is 0 Å². The molecular weight excluding hydrogens is 364 g/mol. The van der Waals surface area contributed by atoms with Gasteiger partial charge in [-0.05, 0) is 60.7 Å². The summed E-state index contributed by atoms with van der Waals surface area (Å²) in [6, 6.07) is 15.3. The van der Waals surface area contributed by atoms with Gasteiger partial charge in [0, 0.05) is 17.2 Å². The van der Waals surface area contributed by atoms with Crippen LogP contribution in [0.1, 0.15) is 0 Å². The Morgan fingerprint density at radius 1 is 0.571 bits per heavy atom. The summed E-state index contributed by atoms with van der Waals surface area (Å²) in [6.07, 6.45) is 0. The molecule has 4 rings (SSSR count). The predicted molar refractivity (Wildman–Crippen MR) is 99.4 cm³/mol. The standard InChI is InChI=1S/C21H13F2N3O2/c22-14-5-1-12(2-6-14)19-24-20(13-3-7-15(23)8-4-13)26-21(25-19)17-10-9-16(27)11-18(17)28/h1-11,27-28H. The molecular formula is C21H13F2N3O2. The summed E-state index contributed by atoms with van der Waals surface area (Å²) in [5, 5.41) is 19.7. The Morgan fingerprint density at radius 2 is 1.04 bits per heavy atom. The van der Waals surface area contributed by atoms with Crippen LogP contribution < -0.4 is 0 Å². The van der Waals surface area contributed by atoms with E-state index in [4.69, 9.17) is 0 Å². The number of aromatic nitrogens is 3. The van der Waals surface area contributed by atoms with E-state index in [1.54, 1.807) is 0 Å². The maximum Gasteiger partial charge on any atom is 0.167 e. The number of phenols is 2. The zero-order valence-corrected chi connectivity index (χ0v) is 14.3. The van der Waals surface area contributed by atoms with E-state index >= 15 is 0 Å². The second kappa shape index (κ2) is 7.03. The van der Waals surface area contributed by atoms with E-state index in [1.807, 2.05) is 0 Å². The fourth-order valence-electron chi connectivity index (χ4n) is 2.66. The van der Waals surface area contributed by atoms with Crippen LogP contribution in [0.25, 0.3) is 34.2 Å². The van der Waals surface area contributed by atoms with Crippen LogP contribution in [0.4, 0.5) is 8.78 Å². The Bertz CT molecular complexity index is 1080. The van der Waals surface area contributed by atoms with Crippen molar-refractivity contribution in [2.75, 3.05) is 0 Å². The molecule has 0 fully saturated rings. The largest absolute Gasteiger partial charge is 0.508 e. The van der Waals surface area contributed by atoms with Crippen molar-refractivity contribution in [3.05, 3.63) is 78.4 Å². The summed E-state index contributed by atoms with van der Waals surface area (Å²) >= 11 is 0. The number of hydrogen-bond donors (Lipinski definition) is 2. The smallest absolute Gasteiger partial charge is 0.167 e. The first-order valence-electron chi connectivity index (χ1n) is 8.30. The SMILES string of the molecule is Oc1ccc(-c2nc(-c3ccc(F)cc3)nc(-c3ccc(F)cc3)n2)c(O)c1. The maximum absolute atomic E-state index is 13.3. The van der Waals surface area contributed by atoms with Gasteiger partial charge in [-0.15, -0.1) is 0 Å². The lowest BCUT2D eigenvalue weighted by molar-refractivity contribution is 0.451. The second-order valence-corrected chi connectivity index (χ2v) is 6.02. The highest BCUT2D eigenvalue weighted by Gasteiger charge is 2.15. The summed E-state index contributed by atoms with van der Waals surface area (Å²) in [4.78, 5) is 13.2. The number of halogens is 2. The number of aromatic hydroxyl groups is 2. The van der Waals surface area contributed by atoms with E-state index in [9.17, 15) is 19.0 Å². The summed E-state index contributed by atoms with van der Waals surface area (Å²) in [7, 11) is 0. The van der Waals surface area contributed by atoms with Crippen LogP contribution in [0.15, 0.2) is 66.7 Å². The molecule has 138 valence electrons. The van der Waals surface area contributed by atoms with Crippen molar-refractivity contribution in [2.24, 2.45) is 0 Å². The Morgan fingerprint density at radius 3 is 1.50 bits per heavy atom. The van der Waals surface area contributed by atoms with Crippen molar-refractivity contribution in [1.82, 2.24) is 15.0 Å². The zero-order chi connectivity index (χ0) is 19.7. The van der Waals surface area contributed by atoms with Crippen LogP contribution in [0.3, 0.4) is 0 Å². The summed E-state index contributed by atoms with van der Waals surface area (Å²) in [5.41, 5.74) is 1.38. The van der Waals surface area contributed by atoms with E-state index in [0.717, 1.165) is 0 Å². The molecule has 0 aliphatic heterocycles. The molecule has 0 aliphatic carbocycles. The van der Waals surface area contributed by atoms with Crippen molar-refractivity contribution in [3.8, 4) is 45.7 Å². The Hall–Kier alpha value is -3.87. The van der Waals surface area contributed by atoms with Gasteiger partial charge in [-0.2, -0.15) is 0 Å². The minimum Gasteiger partial charge on any atom is -0.508 e. The van der Waals surface area contributed by atoms with Gasteiger partial charge in [0.2, 0.25) is 0 Å². The zero-order valence-electron chi connectivity index (χ0n) is 14.3. The molecule has 3 aromatic carbocycles. The molecule has 0 radical (unpaired) electrons. The van der Waals surface area contributed by atoms with Crippen molar-refractivity contribution in [1.29, 1.82) is 0 Å². The third kappa shape index (κ3) is 3.50. The summed E-state index contributed by atoms with van der Waals surface area (Å²) in [5.74, 6) is -0.421. The molecule has 28 heavy (non-hydrogen) atoms. The number of nitrogens with zero attached hydrogens (tertiary/aromatic N) is 3. The molecule has 0 atom stereocenters. The Balaban J connectivity index is 1.92. The molecule has 0 saturated heterocycles. The van der Waals surface area contributed by atoms with Gasteiger partial charge in [0.15, 0.2) is 17.5 Å². The first-order chi connectivity index (χ1) is 13.5. The van der Waals surface area contributed by atoms with Crippen LogP contribution in [0.5, 0.6) is 11.5 Å². The quantitative estimate of drug-likeness (QED) is 0.547. The van der Waals surface area contributed by atoms with Gasteiger partial charge in [0.25, 0.3) is 0 Å². The highest BCUT2D eigenvalue weighted by atomic mass is 19.1. The van der Waals surface area contributed by atoms with Gasteiger partial charge in [-0.1, -0.05) is 0 Å². The predicted octanol–water partition coefficient (Wildman–Crippen LogP) is 4.56. The Kier molecular flexibility index (Phi) is 4.41. The van der Waals surface area contributed by atoms with E-state index in [2.05, 4.69) is 15.0 Å². The lowest BCUT2D eigenvalue weighted by Crippen LogP contribution is -2.00. The van der Waals surface area contributed by atoms with Gasteiger partial charge >= 0.3 is 0 Å². The molecule has 7 heteroatoms. The third-order valence-electron chi connectivity index (χ3n) is 4.06. The third-order valence-corrected chi connectivity index (χ3v) is 4.06. The van der Waals surface area contributed by atoms with Crippen molar-refractivity contribution < 1.29 is 19.0 Å². The van der Waals surface area contributed by atoms with Crippen molar-refractivity contribution >= 4 is 0 Å². The first-order valence-corrected chi connectivity index (χ1v) is 8.30. The molecule has 1 heterocycles. The van der Waals surface area contributed by atoms with Crippen LogP contribution in [0.2, 0.25) is 0 Å². The van der Waals surface area contributed by atoms with Crippen molar-refractivity contribution in [2.45, 2.75) is 0 Å². The molecule has 1 aromatic heterocycles. The topological polar surface area (TPSA) is 79.1 Å². The number of benzene rings is 3. The average molecular weight is 377 g/mol. The number of hydrogen-bond acceptors (Lipinski definition) is 5. The lowest BCUT2D eigenvalue weighted by atomic mass is 10.1. The normalized spacial score (nSPS) is 10.8. The van der Waals surface area contributed by atoms with Gasteiger partial charge in [-0.3, -0.25) is 0 Å². The molecule has 4 aromatic rings. The first kappa shape index (κ1) is 17.5. The van der Waals surface area contributed by atoms with Crippen molar-refractivity contribution in [3.63, 3.8) is 0 Å². The number of rotatable bonds is 3. The van der Waals surface area contributed by atoms with Crippen LogP contribution in [0, 0.1) is 11.6 Å². The lowest BCUT2D eigenvalue weighted by Gasteiger charge is -2.09. The molecule has 0 amide bonds.